The highest BCUT2D eigenvalue weighted by Gasteiger charge is 2.03. The van der Waals surface area contributed by atoms with Gasteiger partial charge in [0.1, 0.15) is 11.7 Å². The number of amides is 1. The van der Waals surface area contributed by atoms with Crippen LogP contribution in [0, 0.1) is 5.82 Å². The molecule has 0 bridgehead atoms. The predicted molar refractivity (Wildman–Crippen MR) is 63.8 cm³/mol. The van der Waals surface area contributed by atoms with Crippen molar-refractivity contribution in [3.8, 4) is 0 Å². The predicted octanol–water partition coefficient (Wildman–Crippen LogP) is 2.30. The number of aliphatic imine (C=N–C) groups is 1. The van der Waals surface area contributed by atoms with E-state index in [-0.39, 0.29) is 24.0 Å². The molecule has 0 unspecified atom stereocenters. The number of rotatable bonds is 2. The van der Waals surface area contributed by atoms with E-state index in [9.17, 15) is 9.18 Å². The van der Waals surface area contributed by atoms with Crippen LogP contribution in [-0.4, -0.2) is 11.7 Å². The van der Waals surface area contributed by atoms with Crippen LogP contribution in [0.25, 0.3) is 0 Å². The van der Waals surface area contributed by atoms with Gasteiger partial charge in [0.05, 0.1) is 0 Å². The van der Waals surface area contributed by atoms with Crippen molar-refractivity contribution in [2.24, 2.45) is 10.7 Å². The first-order valence-corrected chi connectivity index (χ1v) is 5.16. The molecule has 0 aromatic heterocycles. The van der Waals surface area contributed by atoms with E-state index in [1.807, 2.05) is 13.8 Å². The number of hydrogen-bond acceptors (Lipinski definition) is 1. The van der Waals surface area contributed by atoms with E-state index >= 15 is 0 Å². The van der Waals surface area contributed by atoms with Gasteiger partial charge in [-0.15, -0.1) is 0 Å². The van der Waals surface area contributed by atoms with Gasteiger partial charge in [0.2, 0.25) is 5.91 Å². The van der Waals surface area contributed by atoms with E-state index in [0.717, 1.165) is 0 Å². The molecule has 0 atom stereocenters. The number of amidine groups is 1. The number of halogens is 1. The fraction of sp³-hybridized carbons (Fsp3) is 0.333. The molecule has 0 aliphatic heterocycles. The fourth-order valence-electron chi connectivity index (χ4n) is 1.08. The van der Waals surface area contributed by atoms with Gasteiger partial charge in [-0.1, -0.05) is 32.0 Å². The molecule has 1 rings (SSSR count). The minimum Gasteiger partial charge on any atom is -0.387 e. The van der Waals surface area contributed by atoms with Crippen LogP contribution in [0.4, 0.5) is 4.39 Å². The van der Waals surface area contributed by atoms with Crippen LogP contribution in [0.3, 0.4) is 0 Å². The molecule has 0 aliphatic carbocycles. The molecule has 3 nitrogen and oxygen atoms in total. The molecule has 0 fully saturated rings. The Hall–Kier alpha value is -1.71. The Labute approximate surface area is 95.2 Å². The van der Waals surface area contributed by atoms with Crippen molar-refractivity contribution in [2.45, 2.75) is 27.2 Å². The van der Waals surface area contributed by atoms with Gasteiger partial charge in [0, 0.05) is 13.3 Å². The van der Waals surface area contributed by atoms with Gasteiger partial charge in [0.15, 0.2) is 0 Å². The molecule has 0 aliphatic rings. The summed E-state index contributed by atoms with van der Waals surface area (Å²) in [4.78, 5) is 14.1. The van der Waals surface area contributed by atoms with Crippen LogP contribution in [0.2, 0.25) is 0 Å². The van der Waals surface area contributed by atoms with Gasteiger partial charge in [-0.3, -0.25) is 4.79 Å². The molecule has 1 amide bonds. The third-order valence-electron chi connectivity index (χ3n) is 1.63. The summed E-state index contributed by atoms with van der Waals surface area (Å²) < 4.78 is 13.1. The summed E-state index contributed by atoms with van der Waals surface area (Å²) in [5, 5.41) is 0. The van der Waals surface area contributed by atoms with Gasteiger partial charge in [-0.2, -0.15) is 0 Å². The van der Waals surface area contributed by atoms with E-state index in [1.54, 1.807) is 18.2 Å². The summed E-state index contributed by atoms with van der Waals surface area (Å²) in [5.74, 6) is -0.587. The Morgan fingerprint density at radius 1 is 1.38 bits per heavy atom. The molecule has 0 heterocycles. The quantitative estimate of drug-likeness (QED) is 0.619. The monoisotopic (exact) mass is 224 g/mol. The maximum Gasteiger partial charge on any atom is 0.244 e. The van der Waals surface area contributed by atoms with Crippen LogP contribution >= 0.6 is 0 Å². The highest BCUT2D eigenvalue weighted by atomic mass is 19.1. The van der Waals surface area contributed by atoms with Crippen LogP contribution in [0.1, 0.15) is 26.3 Å². The summed E-state index contributed by atoms with van der Waals surface area (Å²) in [6.45, 7) is 5.30. The fourth-order valence-corrected chi connectivity index (χ4v) is 1.08. The van der Waals surface area contributed by atoms with Crippen LogP contribution in [-0.2, 0) is 11.2 Å². The Bertz CT molecular complexity index is 375. The lowest BCUT2D eigenvalue weighted by Gasteiger charge is -2.01. The van der Waals surface area contributed by atoms with Gasteiger partial charge >= 0.3 is 0 Å². The number of carbonyl (C=O) groups is 1. The molecule has 1 aromatic carbocycles. The smallest absolute Gasteiger partial charge is 0.244 e. The van der Waals surface area contributed by atoms with E-state index in [4.69, 9.17) is 5.73 Å². The van der Waals surface area contributed by atoms with Crippen molar-refractivity contribution in [2.75, 3.05) is 0 Å². The average molecular weight is 224 g/mol. The van der Waals surface area contributed by atoms with Crippen molar-refractivity contribution < 1.29 is 9.18 Å². The van der Waals surface area contributed by atoms with Gasteiger partial charge < -0.3 is 5.73 Å². The third-order valence-corrected chi connectivity index (χ3v) is 1.63. The van der Waals surface area contributed by atoms with Crippen molar-refractivity contribution in [3.05, 3.63) is 35.6 Å². The lowest BCUT2D eigenvalue weighted by Crippen LogP contribution is -2.17. The van der Waals surface area contributed by atoms with E-state index < -0.39 is 0 Å². The highest BCUT2D eigenvalue weighted by molar-refractivity contribution is 5.93. The van der Waals surface area contributed by atoms with Crippen LogP contribution < -0.4 is 5.73 Å². The Balaban J connectivity index is 0.00000106. The summed E-state index contributed by atoms with van der Waals surface area (Å²) in [6, 6.07) is 6.25. The lowest BCUT2D eigenvalue weighted by molar-refractivity contribution is -0.115. The molecule has 4 heteroatoms. The Morgan fingerprint density at radius 3 is 2.44 bits per heavy atom. The Kier molecular flexibility index (Phi) is 6.76. The zero-order valence-electron chi connectivity index (χ0n) is 9.83. The molecule has 0 saturated carbocycles. The second kappa shape index (κ2) is 7.56. The summed E-state index contributed by atoms with van der Waals surface area (Å²) in [6.07, 6.45) is 0.159. The standard InChI is InChI=1S/C10H11FN2O.C2H6/c1-7(14)13-10(12)6-8-4-2-3-5-9(8)11;1-2/h2-5H,6H2,1H3,(H2,12,13,14);1-2H3. The van der Waals surface area contributed by atoms with Crippen molar-refractivity contribution >= 4 is 11.7 Å². The SMILES string of the molecule is CC.CC(=O)N=C(N)Cc1ccccc1F. The zero-order valence-corrected chi connectivity index (χ0v) is 9.83. The second-order valence-corrected chi connectivity index (χ2v) is 2.89. The summed E-state index contributed by atoms with van der Waals surface area (Å²) in [5.41, 5.74) is 5.88. The maximum absolute atomic E-state index is 13.1. The minimum atomic E-state index is -0.376. The van der Waals surface area contributed by atoms with Crippen molar-refractivity contribution in [1.82, 2.24) is 0 Å². The zero-order chi connectivity index (χ0) is 12.6. The largest absolute Gasteiger partial charge is 0.387 e. The molecular weight excluding hydrogens is 207 g/mol. The first-order chi connectivity index (χ1) is 7.59. The third kappa shape index (κ3) is 5.24. The molecule has 0 saturated heterocycles. The molecule has 0 radical (unpaired) electrons. The molecule has 88 valence electrons. The van der Waals surface area contributed by atoms with Gasteiger partial charge in [-0.25, -0.2) is 9.38 Å². The number of nitrogens with two attached hydrogens (primary N) is 1. The van der Waals surface area contributed by atoms with Crippen molar-refractivity contribution in [3.63, 3.8) is 0 Å². The summed E-state index contributed by atoms with van der Waals surface area (Å²) in [7, 11) is 0. The van der Waals surface area contributed by atoms with Gasteiger partial charge in [-0.05, 0) is 11.6 Å². The number of nitrogens with zero attached hydrogens (tertiary/aromatic N) is 1. The molecule has 2 N–H and O–H groups in total. The topological polar surface area (TPSA) is 55.5 Å². The number of carbonyl (C=O) groups excluding carboxylic acids is 1. The first-order valence-electron chi connectivity index (χ1n) is 5.16. The second-order valence-electron chi connectivity index (χ2n) is 2.89. The van der Waals surface area contributed by atoms with Crippen LogP contribution in [0.15, 0.2) is 29.3 Å². The molecule has 1 aromatic rings. The number of benzene rings is 1. The lowest BCUT2D eigenvalue weighted by atomic mass is 10.1. The first kappa shape index (κ1) is 14.3. The van der Waals surface area contributed by atoms with Gasteiger partial charge in [0.25, 0.3) is 0 Å². The van der Waals surface area contributed by atoms with E-state index in [1.165, 1.54) is 13.0 Å². The average Bonchev–Trinajstić information content (AvgIpc) is 2.23. The minimum absolute atomic E-state index is 0.127. The summed E-state index contributed by atoms with van der Waals surface area (Å²) >= 11 is 0. The molecule has 0 spiro atoms. The van der Waals surface area contributed by atoms with E-state index in [2.05, 4.69) is 4.99 Å². The van der Waals surface area contributed by atoms with E-state index in [0.29, 0.717) is 5.56 Å². The molecule has 16 heavy (non-hydrogen) atoms. The van der Waals surface area contributed by atoms with Crippen LogP contribution in [0.5, 0.6) is 0 Å². The highest BCUT2D eigenvalue weighted by Crippen LogP contribution is 2.06. The Morgan fingerprint density at radius 2 is 1.94 bits per heavy atom. The molecular formula is C12H17FN2O. The van der Waals surface area contributed by atoms with Crippen molar-refractivity contribution in [1.29, 1.82) is 0 Å². The number of hydrogen-bond donors (Lipinski definition) is 1. The normalized spacial score (nSPS) is 10.4. The maximum atomic E-state index is 13.1.